The van der Waals surface area contributed by atoms with Crippen molar-refractivity contribution in [2.75, 3.05) is 26.2 Å². The molecular weight excluding hydrogens is 540 g/mol. The molecule has 0 radical (unpaired) electrons. The van der Waals surface area contributed by atoms with E-state index >= 15 is 0 Å². The lowest BCUT2D eigenvalue weighted by Gasteiger charge is -2.29. The number of fused-ring (bicyclic) bond motifs is 1. The number of nitrogens with two attached hydrogens (primary N) is 2. The molecule has 9 heteroatoms. The van der Waals surface area contributed by atoms with Crippen LogP contribution in [0.4, 0.5) is 0 Å². The Morgan fingerprint density at radius 3 is 2.26 bits per heavy atom. The van der Waals surface area contributed by atoms with Gasteiger partial charge in [-0.3, -0.25) is 9.59 Å². The number of carbonyl (C=O) groups is 2. The molecule has 0 aromatic heterocycles. The SMILES string of the molecule is NC(N)=NOCCC1NC(CNC(=O)c2ccc3ccccc3c2)CCN(CC(c2ccccc2)c2ccccc2)C1=O. The Balaban J connectivity index is 1.31. The topological polar surface area (TPSA) is 135 Å². The smallest absolute Gasteiger partial charge is 0.251 e. The summed E-state index contributed by atoms with van der Waals surface area (Å²) in [6.07, 6.45) is 1.04. The molecule has 1 saturated heterocycles. The number of benzene rings is 4. The van der Waals surface area contributed by atoms with Crippen LogP contribution in [0.25, 0.3) is 10.8 Å². The first-order valence-electron chi connectivity index (χ1n) is 14.6. The van der Waals surface area contributed by atoms with Gasteiger partial charge in [0, 0.05) is 43.6 Å². The van der Waals surface area contributed by atoms with Crippen molar-refractivity contribution >= 4 is 28.5 Å². The lowest BCUT2D eigenvalue weighted by atomic mass is 9.90. The molecule has 1 fully saturated rings. The fraction of sp³-hybridized carbons (Fsp3) is 0.265. The van der Waals surface area contributed by atoms with Crippen molar-refractivity contribution in [3.8, 4) is 0 Å². The van der Waals surface area contributed by atoms with Crippen molar-refractivity contribution in [1.29, 1.82) is 0 Å². The van der Waals surface area contributed by atoms with E-state index in [1.54, 1.807) is 0 Å². The van der Waals surface area contributed by atoms with E-state index in [0.29, 0.717) is 38.0 Å². The van der Waals surface area contributed by atoms with Crippen LogP contribution in [0.2, 0.25) is 0 Å². The molecule has 1 heterocycles. The Labute approximate surface area is 251 Å². The molecule has 2 atom stereocenters. The number of hydrogen-bond donors (Lipinski definition) is 4. The minimum atomic E-state index is -0.536. The van der Waals surface area contributed by atoms with Crippen LogP contribution in [0.1, 0.15) is 40.2 Å². The van der Waals surface area contributed by atoms with Gasteiger partial charge in [0.25, 0.3) is 5.91 Å². The third-order valence-electron chi connectivity index (χ3n) is 7.79. The molecule has 6 N–H and O–H groups in total. The summed E-state index contributed by atoms with van der Waals surface area (Å²) in [5.74, 6) is -0.340. The van der Waals surface area contributed by atoms with E-state index in [9.17, 15) is 9.59 Å². The average molecular weight is 579 g/mol. The van der Waals surface area contributed by atoms with E-state index in [4.69, 9.17) is 16.3 Å². The molecule has 222 valence electrons. The maximum absolute atomic E-state index is 13.9. The number of nitrogens with zero attached hydrogens (tertiary/aromatic N) is 2. The highest BCUT2D eigenvalue weighted by atomic mass is 16.6. The molecule has 0 aliphatic carbocycles. The van der Waals surface area contributed by atoms with E-state index in [1.165, 1.54) is 0 Å². The molecule has 1 aliphatic rings. The minimum Gasteiger partial charge on any atom is -0.393 e. The largest absolute Gasteiger partial charge is 0.393 e. The van der Waals surface area contributed by atoms with Gasteiger partial charge >= 0.3 is 0 Å². The second kappa shape index (κ2) is 14.3. The molecular formula is C34H38N6O3. The predicted molar refractivity (Wildman–Crippen MR) is 169 cm³/mol. The summed E-state index contributed by atoms with van der Waals surface area (Å²) in [7, 11) is 0. The van der Waals surface area contributed by atoms with Crippen LogP contribution < -0.4 is 22.1 Å². The van der Waals surface area contributed by atoms with Gasteiger partial charge in [-0.15, -0.1) is 0 Å². The highest BCUT2D eigenvalue weighted by molar-refractivity contribution is 5.98. The Kier molecular flexibility index (Phi) is 9.86. The molecule has 0 saturated carbocycles. The summed E-state index contributed by atoms with van der Waals surface area (Å²) in [6.45, 7) is 1.60. The molecule has 1 aliphatic heterocycles. The molecule has 2 amide bonds. The van der Waals surface area contributed by atoms with Crippen LogP contribution >= 0.6 is 0 Å². The number of hydrogen-bond acceptors (Lipinski definition) is 5. The number of carbonyl (C=O) groups excluding carboxylic acids is 2. The summed E-state index contributed by atoms with van der Waals surface area (Å²) < 4.78 is 0. The molecule has 5 rings (SSSR count). The summed E-state index contributed by atoms with van der Waals surface area (Å²) in [5.41, 5.74) is 13.7. The van der Waals surface area contributed by atoms with Gasteiger partial charge < -0.3 is 31.8 Å². The summed E-state index contributed by atoms with van der Waals surface area (Å²) >= 11 is 0. The maximum atomic E-state index is 13.9. The lowest BCUT2D eigenvalue weighted by Crippen LogP contribution is -2.49. The van der Waals surface area contributed by atoms with Crippen molar-refractivity contribution in [2.45, 2.75) is 30.8 Å². The van der Waals surface area contributed by atoms with Crippen LogP contribution in [0.15, 0.2) is 108 Å². The first-order valence-corrected chi connectivity index (χ1v) is 14.6. The quantitative estimate of drug-likeness (QED) is 0.0931. The number of rotatable bonds is 11. The molecule has 0 spiro atoms. The van der Waals surface area contributed by atoms with E-state index < -0.39 is 6.04 Å². The summed E-state index contributed by atoms with van der Waals surface area (Å²) in [6, 6.07) is 33.5. The van der Waals surface area contributed by atoms with E-state index in [1.807, 2.05) is 83.8 Å². The first kappa shape index (κ1) is 29.6. The second-order valence-electron chi connectivity index (χ2n) is 10.8. The van der Waals surface area contributed by atoms with Crippen LogP contribution in [0, 0.1) is 0 Å². The Morgan fingerprint density at radius 2 is 1.58 bits per heavy atom. The lowest BCUT2D eigenvalue weighted by molar-refractivity contribution is -0.133. The number of guanidine groups is 1. The van der Waals surface area contributed by atoms with Gasteiger partial charge in [-0.25, -0.2) is 0 Å². The molecule has 9 nitrogen and oxygen atoms in total. The fourth-order valence-corrected chi connectivity index (χ4v) is 5.56. The first-order chi connectivity index (χ1) is 21.0. The Bertz CT molecular complexity index is 1500. The predicted octanol–water partition coefficient (Wildman–Crippen LogP) is 3.56. The van der Waals surface area contributed by atoms with Crippen LogP contribution in [0.3, 0.4) is 0 Å². The van der Waals surface area contributed by atoms with Crippen molar-refractivity contribution in [3.05, 3.63) is 120 Å². The third kappa shape index (κ3) is 7.90. The zero-order valence-corrected chi connectivity index (χ0v) is 24.1. The zero-order valence-electron chi connectivity index (χ0n) is 24.1. The van der Waals surface area contributed by atoms with Gasteiger partial charge in [0.1, 0.15) is 6.61 Å². The standard InChI is InChI=1S/C34H38N6O3/c35-34(36)39-43-20-18-31-33(42)40(23-30(25-10-3-1-4-11-25)26-12-5-2-6-13-26)19-17-29(38-31)22-37-32(41)28-16-15-24-9-7-8-14-27(24)21-28/h1-16,21,29-31,38H,17-20,22-23H2,(H,37,41)(H4,35,36,39). The normalized spacial score (nSPS) is 17.0. The van der Waals surface area contributed by atoms with Crippen molar-refractivity contribution in [1.82, 2.24) is 15.5 Å². The molecule has 4 aromatic rings. The van der Waals surface area contributed by atoms with E-state index in [-0.39, 0.29) is 36.3 Å². The van der Waals surface area contributed by atoms with Crippen molar-refractivity contribution in [2.24, 2.45) is 16.6 Å². The van der Waals surface area contributed by atoms with Crippen LogP contribution in [-0.4, -0.2) is 61.0 Å². The van der Waals surface area contributed by atoms with Crippen LogP contribution in [0.5, 0.6) is 0 Å². The fourth-order valence-electron chi connectivity index (χ4n) is 5.56. The van der Waals surface area contributed by atoms with E-state index in [2.05, 4.69) is 40.1 Å². The van der Waals surface area contributed by atoms with Crippen molar-refractivity contribution < 1.29 is 14.4 Å². The van der Waals surface area contributed by atoms with E-state index in [0.717, 1.165) is 21.9 Å². The molecule has 2 unspecified atom stereocenters. The highest BCUT2D eigenvalue weighted by Gasteiger charge is 2.33. The Hall–Kier alpha value is -4.89. The monoisotopic (exact) mass is 578 g/mol. The van der Waals surface area contributed by atoms with Gasteiger partial charge in [-0.2, -0.15) is 0 Å². The molecule has 43 heavy (non-hydrogen) atoms. The molecule has 0 bridgehead atoms. The number of oxime groups is 1. The Morgan fingerprint density at radius 1 is 0.930 bits per heavy atom. The second-order valence-corrected chi connectivity index (χ2v) is 10.8. The van der Waals surface area contributed by atoms with Gasteiger partial charge in [0.05, 0.1) is 6.04 Å². The van der Waals surface area contributed by atoms with Gasteiger partial charge in [0.15, 0.2) is 0 Å². The third-order valence-corrected chi connectivity index (χ3v) is 7.79. The summed E-state index contributed by atoms with van der Waals surface area (Å²) in [4.78, 5) is 34.2. The van der Waals surface area contributed by atoms with Gasteiger partial charge in [0.2, 0.25) is 11.9 Å². The molecule has 4 aromatic carbocycles. The zero-order chi connectivity index (χ0) is 30.0. The van der Waals surface area contributed by atoms with Gasteiger partial charge in [-0.1, -0.05) is 91.0 Å². The van der Waals surface area contributed by atoms with Crippen LogP contribution in [-0.2, 0) is 9.63 Å². The number of nitrogens with one attached hydrogen (secondary N) is 2. The minimum absolute atomic E-state index is 0.00837. The highest BCUT2D eigenvalue weighted by Crippen LogP contribution is 2.27. The van der Waals surface area contributed by atoms with Crippen molar-refractivity contribution in [3.63, 3.8) is 0 Å². The maximum Gasteiger partial charge on any atom is 0.251 e. The van der Waals surface area contributed by atoms with Gasteiger partial charge in [-0.05, 0) is 45.6 Å². The average Bonchev–Trinajstić information content (AvgIpc) is 3.19. The number of amides is 2. The summed E-state index contributed by atoms with van der Waals surface area (Å²) in [5, 5.41) is 12.2.